The summed E-state index contributed by atoms with van der Waals surface area (Å²) in [5, 5.41) is 5.41. The average molecular weight is 406 g/mol. The van der Waals surface area contributed by atoms with E-state index in [-0.39, 0.29) is 24.3 Å². The lowest BCUT2D eigenvalue weighted by Crippen LogP contribution is -2.35. The number of carbonyl (C=O) groups is 2. The van der Waals surface area contributed by atoms with E-state index in [1.54, 1.807) is 12.1 Å². The molecule has 1 saturated heterocycles. The molecule has 1 fully saturated rings. The van der Waals surface area contributed by atoms with Crippen LogP contribution >= 0.6 is 28.3 Å². The predicted molar refractivity (Wildman–Crippen MR) is 96.8 cm³/mol. The molecule has 0 spiro atoms. The Hall–Kier alpha value is -1.31. The van der Waals surface area contributed by atoms with Gasteiger partial charge >= 0.3 is 6.03 Å². The van der Waals surface area contributed by atoms with Crippen molar-refractivity contribution in [2.75, 3.05) is 31.5 Å². The van der Waals surface area contributed by atoms with Crippen molar-refractivity contribution >= 4 is 46.0 Å². The average Bonchev–Trinajstić information content (AvgIpc) is 2.98. The maximum Gasteiger partial charge on any atom is 0.319 e. The monoisotopic (exact) mass is 404 g/mol. The summed E-state index contributed by atoms with van der Waals surface area (Å²) in [5.74, 6) is 0.484. The number of rotatable bonds is 5. The Morgan fingerprint density at radius 3 is 2.61 bits per heavy atom. The van der Waals surface area contributed by atoms with Crippen molar-refractivity contribution < 1.29 is 9.59 Å². The molecule has 0 aromatic heterocycles. The number of likely N-dealkylation sites (tertiary alicyclic amines) is 1. The van der Waals surface area contributed by atoms with E-state index in [4.69, 9.17) is 5.73 Å². The minimum absolute atomic E-state index is 0. The maximum atomic E-state index is 12.0. The van der Waals surface area contributed by atoms with Crippen molar-refractivity contribution in [3.63, 3.8) is 0 Å². The Balaban J connectivity index is 0.00000264. The second kappa shape index (κ2) is 9.75. The Kier molecular flexibility index (Phi) is 8.36. The highest BCUT2D eigenvalue weighted by molar-refractivity contribution is 9.10. The van der Waals surface area contributed by atoms with Crippen LogP contribution in [0.3, 0.4) is 0 Å². The molecule has 128 valence electrons. The molecule has 0 radical (unpaired) electrons. The van der Waals surface area contributed by atoms with Crippen LogP contribution < -0.4 is 16.4 Å². The van der Waals surface area contributed by atoms with Crippen LogP contribution in [0.1, 0.15) is 12.8 Å². The summed E-state index contributed by atoms with van der Waals surface area (Å²) in [5.41, 5.74) is 6.32. The largest absolute Gasteiger partial charge is 0.342 e. The Morgan fingerprint density at radius 2 is 2.00 bits per heavy atom. The maximum absolute atomic E-state index is 12.0. The van der Waals surface area contributed by atoms with E-state index in [2.05, 4.69) is 26.6 Å². The summed E-state index contributed by atoms with van der Waals surface area (Å²) in [6.07, 6.45) is 1.28. The van der Waals surface area contributed by atoms with Gasteiger partial charge in [-0.25, -0.2) is 4.79 Å². The van der Waals surface area contributed by atoms with Gasteiger partial charge in [-0.05, 0) is 43.1 Å². The highest BCUT2D eigenvalue weighted by Gasteiger charge is 2.24. The third kappa shape index (κ3) is 6.37. The molecule has 3 amide bonds. The minimum atomic E-state index is -0.309. The van der Waals surface area contributed by atoms with Crippen molar-refractivity contribution in [1.82, 2.24) is 10.2 Å². The minimum Gasteiger partial charge on any atom is -0.342 e. The van der Waals surface area contributed by atoms with Crippen LogP contribution in [0.5, 0.6) is 0 Å². The molecule has 1 unspecified atom stereocenters. The quantitative estimate of drug-likeness (QED) is 0.702. The molecule has 8 heteroatoms. The summed E-state index contributed by atoms with van der Waals surface area (Å²) in [7, 11) is 0. The van der Waals surface area contributed by atoms with Gasteiger partial charge in [-0.2, -0.15) is 0 Å². The number of benzene rings is 1. The number of urea groups is 1. The highest BCUT2D eigenvalue weighted by Crippen LogP contribution is 2.15. The molecule has 2 rings (SSSR count). The molecule has 1 heterocycles. The van der Waals surface area contributed by atoms with E-state index in [1.807, 2.05) is 17.0 Å². The molecule has 1 atom stereocenters. The molecule has 6 nitrogen and oxygen atoms in total. The lowest BCUT2D eigenvalue weighted by Gasteiger charge is -2.16. The predicted octanol–water partition coefficient (Wildman–Crippen LogP) is 2.19. The molecule has 1 aromatic carbocycles. The van der Waals surface area contributed by atoms with E-state index in [0.29, 0.717) is 31.1 Å². The fourth-order valence-corrected chi connectivity index (χ4v) is 2.67. The van der Waals surface area contributed by atoms with Gasteiger partial charge in [0.2, 0.25) is 5.91 Å². The zero-order valence-electron chi connectivity index (χ0n) is 12.8. The molecule has 1 aliphatic rings. The fraction of sp³-hybridized carbons (Fsp3) is 0.467. The van der Waals surface area contributed by atoms with Crippen LogP contribution in [0.25, 0.3) is 0 Å². The van der Waals surface area contributed by atoms with Gasteiger partial charge in [-0.3, -0.25) is 4.79 Å². The molecule has 1 aromatic rings. The summed E-state index contributed by atoms with van der Waals surface area (Å²) in [6, 6.07) is 6.98. The van der Waals surface area contributed by atoms with E-state index >= 15 is 0 Å². The first-order valence-electron chi connectivity index (χ1n) is 7.36. The van der Waals surface area contributed by atoms with Gasteiger partial charge in [0.15, 0.2) is 0 Å². The van der Waals surface area contributed by atoms with Gasteiger partial charge in [0, 0.05) is 36.2 Å². The lowest BCUT2D eigenvalue weighted by atomic mass is 10.1. The number of nitrogens with one attached hydrogen (secondary N) is 2. The molecule has 1 aliphatic heterocycles. The van der Waals surface area contributed by atoms with E-state index in [0.717, 1.165) is 24.0 Å². The molecule has 0 saturated carbocycles. The number of anilines is 1. The molecular weight excluding hydrogens is 384 g/mol. The molecule has 0 bridgehead atoms. The van der Waals surface area contributed by atoms with Crippen LogP contribution in [0.4, 0.5) is 10.5 Å². The number of carbonyl (C=O) groups excluding carboxylic acids is 2. The first kappa shape index (κ1) is 19.7. The van der Waals surface area contributed by atoms with Crippen molar-refractivity contribution in [3.8, 4) is 0 Å². The third-order valence-corrected chi connectivity index (χ3v) is 4.23. The Bertz CT molecular complexity index is 527. The summed E-state index contributed by atoms with van der Waals surface area (Å²) in [4.78, 5) is 25.5. The van der Waals surface area contributed by atoms with Gasteiger partial charge < -0.3 is 21.3 Å². The van der Waals surface area contributed by atoms with E-state index in [9.17, 15) is 9.59 Å². The lowest BCUT2D eigenvalue weighted by molar-refractivity contribution is -0.130. The van der Waals surface area contributed by atoms with Gasteiger partial charge in [-0.1, -0.05) is 15.9 Å². The van der Waals surface area contributed by atoms with Gasteiger partial charge in [0.1, 0.15) is 0 Å². The van der Waals surface area contributed by atoms with Crippen LogP contribution in [-0.2, 0) is 4.79 Å². The summed E-state index contributed by atoms with van der Waals surface area (Å²) >= 11 is 3.33. The number of amides is 3. The summed E-state index contributed by atoms with van der Waals surface area (Å²) in [6.45, 7) is 2.45. The van der Waals surface area contributed by atoms with Crippen molar-refractivity contribution in [2.45, 2.75) is 12.8 Å². The number of halogens is 2. The normalized spacial score (nSPS) is 16.6. The number of nitrogens with two attached hydrogens (primary N) is 1. The van der Waals surface area contributed by atoms with Crippen LogP contribution in [0.15, 0.2) is 28.7 Å². The second-order valence-corrected chi connectivity index (χ2v) is 6.28. The van der Waals surface area contributed by atoms with E-state index < -0.39 is 0 Å². The second-order valence-electron chi connectivity index (χ2n) is 5.37. The van der Waals surface area contributed by atoms with Crippen LogP contribution in [0, 0.1) is 5.92 Å². The number of hydrogen-bond donors (Lipinski definition) is 3. The molecular formula is C15H22BrClN4O2. The Morgan fingerprint density at radius 1 is 1.30 bits per heavy atom. The smallest absolute Gasteiger partial charge is 0.319 e. The fourth-order valence-electron chi connectivity index (χ4n) is 2.40. The van der Waals surface area contributed by atoms with Crippen molar-refractivity contribution in [2.24, 2.45) is 11.7 Å². The molecule has 23 heavy (non-hydrogen) atoms. The Labute approximate surface area is 150 Å². The van der Waals surface area contributed by atoms with Crippen molar-refractivity contribution in [1.29, 1.82) is 0 Å². The van der Waals surface area contributed by atoms with Crippen molar-refractivity contribution in [3.05, 3.63) is 28.7 Å². The number of nitrogens with zero attached hydrogens (tertiary/aromatic N) is 1. The zero-order valence-corrected chi connectivity index (χ0v) is 15.2. The third-order valence-electron chi connectivity index (χ3n) is 3.70. The topological polar surface area (TPSA) is 87.5 Å². The SMILES string of the molecule is Cl.NCC1CCN(C(=O)CCNC(=O)Nc2ccc(Br)cc2)C1. The van der Waals surface area contributed by atoms with Crippen LogP contribution in [-0.4, -0.2) is 43.0 Å². The standard InChI is InChI=1S/C15H21BrN4O2.ClH/c16-12-1-3-13(4-2-12)19-15(22)18-7-5-14(21)20-8-6-11(9-17)10-20;/h1-4,11H,5-10,17H2,(H2,18,19,22);1H. The molecule has 0 aliphatic carbocycles. The highest BCUT2D eigenvalue weighted by atomic mass is 79.9. The van der Waals surface area contributed by atoms with Gasteiger partial charge in [0.05, 0.1) is 0 Å². The number of hydrogen-bond acceptors (Lipinski definition) is 3. The zero-order chi connectivity index (χ0) is 15.9. The summed E-state index contributed by atoms with van der Waals surface area (Å²) < 4.78 is 0.949. The van der Waals surface area contributed by atoms with Gasteiger partial charge in [-0.15, -0.1) is 12.4 Å². The van der Waals surface area contributed by atoms with Crippen LogP contribution in [0.2, 0.25) is 0 Å². The first-order valence-corrected chi connectivity index (χ1v) is 8.16. The van der Waals surface area contributed by atoms with E-state index in [1.165, 1.54) is 0 Å². The van der Waals surface area contributed by atoms with Gasteiger partial charge in [0.25, 0.3) is 0 Å². The molecule has 4 N–H and O–H groups in total. The first-order chi connectivity index (χ1) is 10.6.